The minimum absolute atomic E-state index is 0.0165. The Kier molecular flexibility index (Phi) is 6.72. The smallest absolute Gasteiger partial charge is 0.136 e. The van der Waals surface area contributed by atoms with Gasteiger partial charge in [-0.2, -0.15) is 0 Å². The van der Waals surface area contributed by atoms with Gasteiger partial charge < -0.3 is 4.42 Å². The summed E-state index contributed by atoms with van der Waals surface area (Å²) in [7, 11) is 0. The van der Waals surface area contributed by atoms with Crippen molar-refractivity contribution in [1.29, 1.82) is 0 Å². The molecule has 1 aromatic heterocycles. The van der Waals surface area contributed by atoms with Crippen molar-refractivity contribution in [1.82, 2.24) is 0 Å². The highest BCUT2D eigenvalue weighted by molar-refractivity contribution is 6.23. The van der Waals surface area contributed by atoms with E-state index < -0.39 is 0 Å². The molecule has 266 valence electrons. The monoisotopic (exact) mass is 708 g/mol. The van der Waals surface area contributed by atoms with Crippen LogP contribution in [0.5, 0.6) is 0 Å². The first kappa shape index (κ1) is 31.7. The third-order valence-electron chi connectivity index (χ3n) is 14.6. The topological polar surface area (TPSA) is 13.1 Å². The highest BCUT2D eigenvalue weighted by atomic mass is 16.3. The maximum absolute atomic E-state index is 6.45. The van der Waals surface area contributed by atoms with E-state index in [-0.39, 0.29) is 5.41 Å². The predicted molar refractivity (Wildman–Crippen MR) is 232 cm³/mol. The van der Waals surface area contributed by atoms with Crippen LogP contribution in [0.2, 0.25) is 0 Å². The Balaban J connectivity index is 1.16. The molecule has 5 atom stereocenters. The van der Waals surface area contributed by atoms with Crippen molar-refractivity contribution >= 4 is 54.3 Å². The molecule has 2 bridgehead atoms. The van der Waals surface area contributed by atoms with Crippen LogP contribution in [0.25, 0.3) is 87.6 Å². The van der Waals surface area contributed by atoms with Gasteiger partial charge >= 0.3 is 0 Å². The second-order valence-electron chi connectivity index (χ2n) is 17.2. The molecule has 12 rings (SSSR count). The molecule has 0 saturated heterocycles. The van der Waals surface area contributed by atoms with Gasteiger partial charge in [0.15, 0.2) is 0 Å². The molecule has 5 unspecified atom stereocenters. The van der Waals surface area contributed by atoms with Crippen molar-refractivity contribution in [3.8, 4) is 33.4 Å². The van der Waals surface area contributed by atoms with Crippen molar-refractivity contribution < 1.29 is 4.42 Å². The number of hydrogen-bond acceptors (Lipinski definition) is 1. The maximum atomic E-state index is 6.45. The van der Waals surface area contributed by atoms with E-state index in [2.05, 4.69) is 159 Å². The largest absolute Gasteiger partial charge is 0.456 e. The average Bonchev–Trinajstić information content (AvgIpc) is 3.74. The van der Waals surface area contributed by atoms with E-state index >= 15 is 0 Å². The molecule has 1 heterocycles. The lowest BCUT2D eigenvalue weighted by Gasteiger charge is -2.54. The molecular formula is C54H44O. The fourth-order valence-electron chi connectivity index (χ4n) is 12.5. The van der Waals surface area contributed by atoms with Gasteiger partial charge in [0, 0.05) is 16.2 Å². The van der Waals surface area contributed by atoms with Gasteiger partial charge in [0.25, 0.3) is 0 Å². The van der Waals surface area contributed by atoms with Crippen LogP contribution >= 0.6 is 0 Å². The summed E-state index contributed by atoms with van der Waals surface area (Å²) in [6, 6.07) is 55.1. The molecule has 2 fully saturated rings. The van der Waals surface area contributed by atoms with E-state index in [0.717, 1.165) is 28.4 Å². The Labute approximate surface area is 322 Å². The Bertz CT molecular complexity index is 2970. The molecule has 1 heteroatoms. The van der Waals surface area contributed by atoms with Gasteiger partial charge in [-0.3, -0.25) is 0 Å². The average molecular weight is 709 g/mol. The normalized spacial score (nSPS) is 22.9. The van der Waals surface area contributed by atoms with Crippen LogP contribution < -0.4 is 0 Å². The summed E-state index contributed by atoms with van der Waals surface area (Å²) in [6.45, 7) is 5.03. The highest BCUT2D eigenvalue weighted by Gasteiger charge is 2.57. The van der Waals surface area contributed by atoms with E-state index in [1.807, 2.05) is 0 Å². The lowest BCUT2D eigenvalue weighted by Crippen LogP contribution is -2.49. The summed E-state index contributed by atoms with van der Waals surface area (Å²) >= 11 is 0. The summed E-state index contributed by atoms with van der Waals surface area (Å²) < 4.78 is 6.45. The fraction of sp³-hybridized carbons (Fsp3) is 0.222. The van der Waals surface area contributed by atoms with Gasteiger partial charge in [-0.05, 0) is 157 Å². The van der Waals surface area contributed by atoms with Crippen molar-refractivity contribution in [2.24, 2.45) is 23.7 Å². The minimum Gasteiger partial charge on any atom is -0.456 e. The first-order valence-corrected chi connectivity index (χ1v) is 20.6. The molecule has 8 aromatic carbocycles. The second-order valence-corrected chi connectivity index (χ2v) is 17.2. The Morgan fingerprint density at radius 3 is 1.91 bits per heavy atom. The molecule has 0 amide bonds. The molecule has 0 radical (unpaired) electrons. The van der Waals surface area contributed by atoms with Gasteiger partial charge in [-0.15, -0.1) is 0 Å². The van der Waals surface area contributed by atoms with Gasteiger partial charge in [0.1, 0.15) is 11.2 Å². The zero-order valence-electron chi connectivity index (χ0n) is 31.6. The zero-order valence-corrected chi connectivity index (χ0v) is 31.6. The molecule has 3 aliphatic carbocycles. The van der Waals surface area contributed by atoms with Crippen molar-refractivity contribution in [2.45, 2.75) is 51.4 Å². The molecule has 0 aliphatic heterocycles. The van der Waals surface area contributed by atoms with Crippen LogP contribution in [0.15, 0.2) is 150 Å². The standard InChI is InChI=1S/C54H44O/c1-3-33-26-34-25-32(2)54(38(27-33)28-34)47-21-12-20-45(53(47)46-29-35-13-4-5-14-36(35)30-48(46)54)52-43-18-8-6-16-41(43)51(42-17-7-9-19-44(42)52)37-23-24-40-39-15-10-11-22-49(39)55-50(40)31-37/h4-24,29-34,38H,3,25-28H2,1-2H3. The second kappa shape index (κ2) is 11.7. The van der Waals surface area contributed by atoms with Gasteiger partial charge in [-0.25, -0.2) is 0 Å². The number of rotatable bonds is 3. The first-order valence-electron chi connectivity index (χ1n) is 20.6. The number of hydrogen-bond donors (Lipinski definition) is 0. The SMILES string of the molecule is CCC1CC2CC(C)C3(c4cc5ccccc5cc4-c4c(-c5c6ccccc6c(-c6ccc7c(c6)oc6ccccc67)c6ccccc56)cccc43)C(C1)C2. The molecule has 3 aliphatic rings. The lowest BCUT2D eigenvalue weighted by molar-refractivity contribution is 0.0369. The van der Waals surface area contributed by atoms with Crippen LogP contribution in [0.4, 0.5) is 0 Å². The summed E-state index contributed by atoms with van der Waals surface area (Å²) in [5.41, 5.74) is 13.2. The summed E-state index contributed by atoms with van der Waals surface area (Å²) in [5, 5.41) is 10.2. The zero-order chi connectivity index (χ0) is 36.4. The Hall–Kier alpha value is -5.66. The van der Waals surface area contributed by atoms with Crippen LogP contribution in [-0.4, -0.2) is 0 Å². The third kappa shape index (κ3) is 4.30. The van der Waals surface area contributed by atoms with Crippen LogP contribution in [0.1, 0.15) is 57.1 Å². The summed E-state index contributed by atoms with van der Waals surface area (Å²) in [5.74, 6) is 2.90. The highest BCUT2D eigenvalue weighted by Crippen LogP contribution is 2.66. The number of para-hydroxylation sites is 1. The van der Waals surface area contributed by atoms with Crippen molar-refractivity contribution in [3.63, 3.8) is 0 Å². The van der Waals surface area contributed by atoms with Gasteiger partial charge in [-0.1, -0.05) is 136 Å². The number of fused-ring (bicyclic) bond motifs is 14. The molecule has 9 aromatic rings. The van der Waals surface area contributed by atoms with E-state index in [1.165, 1.54) is 103 Å². The molecule has 1 spiro atoms. The van der Waals surface area contributed by atoms with Crippen LogP contribution in [0.3, 0.4) is 0 Å². The van der Waals surface area contributed by atoms with E-state index in [0.29, 0.717) is 11.8 Å². The molecule has 0 N–H and O–H groups in total. The van der Waals surface area contributed by atoms with Crippen LogP contribution in [0, 0.1) is 23.7 Å². The van der Waals surface area contributed by atoms with Crippen molar-refractivity contribution in [3.05, 3.63) is 157 Å². The van der Waals surface area contributed by atoms with E-state index in [1.54, 1.807) is 11.1 Å². The predicted octanol–water partition coefficient (Wildman–Crippen LogP) is 15.1. The maximum Gasteiger partial charge on any atom is 0.136 e. The van der Waals surface area contributed by atoms with E-state index in [4.69, 9.17) is 4.42 Å². The number of furan rings is 1. The fourth-order valence-corrected chi connectivity index (χ4v) is 12.5. The molecule has 1 nitrogen and oxygen atoms in total. The first-order chi connectivity index (χ1) is 27.1. The summed E-state index contributed by atoms with van der Waals surface area (Å²) in [4.78, 5) is 0. The third-order valence-corrected chi connectivity index (χ3v) is 14.6. The van der Waals surface area contributed by atoms with E-state index in [9.17, 15) is 0 Å². The van der Waals surface area contributed by atoms with Crippen LogP contribution in [-0.2, 0) is 5.41 Å². The Morgan fingerprint density at radius 2 is 1.16 bits per heavy atom. The lowest BCUT2D eigenvalue weighted by atomic mass is 9.49. The molecule has 2 saturated carbocycles. The number of benzene rings is 8. The van der Waals surface area contributed by atoms with Gasteiger partial charge in [0.2, 0.25) is 0 Å². The molecule has 55 heavy (non-hydrogen) atoms. The Morgan fingerprint density at radius 1 is 0.509 bits per heavy atom. The minimum atomic E-state index is 0.0165. The quantitative estimate of drug-likeness (QED) is 0.167. The summed E-state index contributed by atoms with van der Waals surface area (Å²) in [6.07, 6.45) is 6.72. The molecular weight excluding hydrogens is 665 g/mol. The van der Waals surface area contributed by atoms with Crippen molar-refractivity contribution in [2.75, 3.05) is 0 Å². The van der Waals surface area contributed by atoms with Gasteiger partial charge in [0.05, 0.1) is 0 Å².